The number of carbonyl (C=O) groups excluding carboxylic acids is 2. The van der Waals surface area contributed by atoms with Gasteiger partial charge in [-0.15, -0.1) is 0 Å². The lowest BCUT2D eigenvalue weighted by Gasteiger charge is -2.36. The van der Waals surface area contributed by atoms with Crippen molar-refractivity contribution in [3.8, 4) is 0 Å². The van der Waals surface area contributed by atoms with Crippen molar-refractivity contribution in [2.75, 3.05) is 25.0 Å². The molecule has 1 saturated heterocycles. The van der Waals surface area contributed by atoms with Crippen molar-refractivity contribution < 1.29 is 14.0 Å². The van der Waals surface area contributed by atoms with Gasteiger partial charge in [0, 0.05) is 23.5 Å². The first-order chi connectivity index (χ1) is 12.3. The molecule has 2 atom stereocenters. The van der Waals surface area contributed by atoms with E-state index in [-0.39, 0.29) is 29.5 Å². The van der Waals surface area contributed by atoms with Crippen molar-refractivity contribution in [2.45, 2.75) is 39.7 Å². The maximum atomic E-state index is 13.9. The Balaban J connectivity index is 1.90. The molecule has 0 aliphatic carbocycles. The number of halogens is 2. The zero-order valence-corrected chi connectivity index (χ0v) is 17.1. The molecule has 2 amide bonds. The van der Waals surface area contributed by atoms with Crippen LogP contribution in [0.25, 0.3) is 0 Å². The first kappa shape index (κ1) is 20.8. The van der Waals surface area contributed by atoms with Crippen molar-refractivity contribution in [2.24, 2.45) is 11.8 Å². The van der Waals surface area contributed by atoms with E-state index in [1.807, 2.05) is 20.8 Å². The Morgan fingerprint density at radius 1 is 1.31 bits per heavy atom. The van der Waals surface area contributed by atoms with Gasteiger partial charge in [0.05, 0.1) is 11.7 Å². The second kappa shape index (κ2) is 9.46. The third-order valence-electron chi connectivity index (χ3n) is 4.76. The Hall–Kier alpha value is -1.47. The number of nitrogens with zero attached hydrogens (tertiary/aromatic N) is 1. The second-order valence-corrected chi connectivity index (χ2v) is 8.11. The lowest BCUT2D eigenvalue weighted by molar-refractivity contribution is -0.125. The van der Waals surface area contributed by atoms with E-state index in [2.05, 4.69) is 31.5 Å². The molecule has 0 spiro atoms. The second-order valence-electron chi connectivity index (χ2n) is 7.19. The van der Waals surface area contributed by atoms with Crippen LogP contribution in [0, 0.1) is 17.7 Å². The van der Waals surface area contributed by atoms with Crippen LogP contribution < -0.4 is 10.6 Å². The van der Waals surface area contributed by atoms with Gasteiger partial charge in [-0.2, -0.15) is 0 Å². The van der Waals surface area contributed by atoms with Crippen LogP contribution in [0.5, 0.6) is 0 Å². The van der Waals surface area contributed by atoms with Gasteiger partial charge >= 0.3 is 0 Å². The molecule has 1 aromatic rings. The number of amides is 2. The number of anilines is 1. The molecule has 1 aliphatic heterocycles. The minimum atomic E-state index is -0.465. The molecule has 0 bridgehead atoms. The molecule has 0 aromatic heterocycles. The standard InChI is InChI=1S/C19H27BrFN3O2/c1-12(2)18(25)22-10-14-5-4-8-24(11-14)13(3)19(26)23-17-7-6-15(20)9-16(17)21/h6-7,9,12-14H,4-5,8,10-11H2,1-3H3,(H,22,25)(H,23,26). The van der Waals surface area contributed by atoms with Gasteiger partial charge in [-0.25, -0.2) is 4.39 Å². The lowest BCUT2D eigenvalue weighted by atomic mass is 9.96. The van der Waals surface area contributed by atoms with Crippen molar-refractivity contribution in [3.05, 3.63) is 28.5 Å². The van der Waals surface area contributed by atoms with E-state index in [1.54, 1.807) is 12.1 Å². The number of rotatable bonds is 6. The molecule has 0 radical (unpaired) electrons. The summed E-state index contributed by atoms with van der Waals surface area (Å²) in [6.45, 7) is 7.78. The number of benzene rings is 1. The van der Waals surface area contributed by atoms with Crippen molar-refractivity contribution in [3.63, 3.8) is 0 Å². The first-order valence-electron chi connectivity index (χ1n) is 9.05. The SMILES string of the molecule is CC(C)C(=O)NCC1CCCN(C(C)C(=O)Nc2ccc(Br)cc2F)C1. The van der Waals surface area contributed by atoms with E-state index in [4.69, 9.17) is 0 Å². The summed E-state index contributed by atoms with van der Waals surface area (Å²) in [5.74, 6) is -0.337. The molecular weight excluding hydrogens is 401 g/mol. The highest BCUT2D eigenvalue weighted by molar-refractivity contribution is 9.10. The zero-order valence-electron chi connectivity index (χ0n) is 15.5. The molecule has 1 fully saturated rings. The molecule has 2 unspecified atom stereocenters. The molecular formula is C19H27BrFN3O2. The van der Waals surface area contributed by atoms with Gasteiger partial charge in [0.15, 0.2) is 0 Å². The monoisotopic (exact) mass is 427 g/mol. The molecule has 1 aliphatic rings. The van der Waals surface area contributed by atoms with Crippen LogP contribution in [0.3, 0.4) is 0 Å². The van der Waals surface area contributed by atoms with Crippen molar-refractivity contribution in [1.29, 1.82) is 0 Å². The first-order valence-corrected chi connectivity index (χ1v) is 9.85. The van der Waals surface area contributed by atoms with Gasteiger partial charge in [0.25, 0.3) is 0 Å². The highest BCUT2D eigenvalue weighted by Crippen LogP contribution is 2.22. The Morgan fingerprint density at radius 3 is 2.69 bits per heavy atom. The Kier molecular flexibility index (Phi) is 7.58. The van der Waals surface area contributed by atoms with E-state index in [9.17, 15) is 14.0 Å². The Labute approximate surface area is 162 Å². The molecule has 26 heavy (non-hydrogen) atoms. The summed E-state index contributed by atoms with van der Waals surface area (Å²) in [6, 6.07) is 4.21. The van der Waals surface area contributed by atoms with Crippen LogP contribution >= 0.6 is 15.9 Å². The maximum absolute atomic E-state index is 13.9. The lowest BCUT2D eigenvalue weighted by Crippen LogP contribution is -2.49. The van der Waals surface area contributed by atoms with Crippen LogP contribution in [-0.2, 0) is 9.59 Å². The number of carbonyl (C=O) groups is 2. The van der Waals surface area contributed by atoms with Crippen LogP contribution in [0.4, 0.5) is 10.1 Å². The van der Waals surface area contributed by atoms with Gasteiger partial charge in [-0.05, 0) is 50.4 Å². The predicted molar refractivity (Wildman–Crippen MR) is 104 cm³/mol. The molecule has 144 valence electrons. The topological polar surface area (TPSA) is 61.4 Å². The fourth-order valence-corrected chi connectivity index (χ4v) is 3.39. The van der Waals surface area contributed by atoms with Crippen LogP contribution in [0.1, 0.15) is 33.6 Å². The van der Waals surface area contributed by atoms with E-state index in [0.717, 1.165) is 25.9 Å². The smallest absolute Gasteiger partial charge is 0.241 e. The zero-order chi connectivity index (χ0) is 19.3. The van der Waals surface area contributed by atoms with E-state index in [1.165, 1.54) is 6.07 Å². The van der Waals surface area contributed by atoms with Crippen LogP contribution in [0.2, 0.25) is 0 Å². The van der Waals surface area contributed by atoms with E-state index < -0.39 is 5.82 Å². The average molecular weight is 428 g/mol. The minimum absolute atomic E-state index is 0.0276. The molecule has 2 rings (SSSR count). The molecule has 1 aromatic carbocycles. The van der Waals surface area contributed by atoms with Gasteiger partial charge in [-0.1, -0.05) is 29.8 Å². The molecule has 1 heterocycles. The maximum Gasteiger partial charge on any atom is 0.241 e. The third kappa shape index (κ3) is 5.77. The summed E-state index contributed by atoms with van der Waals surface area (Å²) in [5.41, 5.74) is 0.183. The summed E-state index contributed by atoms with van der Waals surface area (Å²) >= 11 is 3.20. The molecule has 7 heteroatoms. The summed E-state index contributed by atoms with van der Waals surface area (Å²) < 4.78 is 14.5. The summed E-state index contributed by atoms with van der Waals surface area (Å²) in [5, 5.41) is 5.64. The van der Waals surface area contributed by atoms with Gasteiger partial charge in [0.1, 0.15) is 5.82 Å². The van der Waals surface area contributed by atoms with Crippen molar-refractivity contribution >= 4 is 33.4 Å². The van der Waals surface area contributed by atoms with Crippen LogP contribution in [0.15, 0.2) is 22.7 Å². The van der Waals surface area contributed by atoms with Gasteiger partial charge in [0.2, 0.25) is 11.8 Å². The Morgan fingerprint density at radius 2 is 2.04 bits per heavy atom. The molecule has 0 saturated carbocycles. The number of nitrogens with one attached hydrogen (secondary N) is 2. The quantitative estimate of drug-likeness (QED) is 0.730. The summed E-state index contributed by atoms with van der Waals surface area (Å²) in [6.07, 6.45) is 2.01. The van der Waals surface area contributed by atoms with Crippen molar-refractivity contribution in [1.82, 2.24) is 10.2 Å². The molecule has 2 N–H and O–H groups in total. The Bertz CT molecular complexity index is 654. The van der Waals surface area contributed by atoms with Gasteiger partial charge < -0.3 is 10.6 Å². The minimum Gasteiger partial charge on any atom is -0.356 e. The van der Waals surface area contributed by atoms with E-state index in [0.29, 0.717) is 16.9 Å². The number of hydrogen-bond acceptors (Lipinski definition) is 3. The highest BCUT2D eigenvalue weighted by atomic mass is 79.9. The highest BCUT2D eigenvalue weighted by Gasteiger charge is 2.28. The summed E-state index contributed by atoms with van der Waals surface area (Å²) in [4.78, 5) is 26.3. The molecule has 5 nitrogen and oxygen atoms in total. The fraction of sp³-hybridized carbons (Fsp3) is 0.579. The normalized spacial score (nSPS) is 19.2. The number of piperidine rings is 1. The van der Waals surface area contributed by atoms with E-state index >= 15 is 0 Å². The predicted octanol–water partition coefficient (Wildman–Crippen LogP) is 3.40. The van der Waals surface area contributed by atoms with Gasteiger partial charge in [-0.3, -0.25) is 14.5 Å². The largest absolute Gasteiger partial charge is 0.356 e. The van der Waals surface area contributed by atoms with Crippen LogP contribution in [-0.4, -0.2) is 42.4 Å². The number of hydrogen-bond donors (Lipinski definition) is 2. The summed E-state index contributed by atoms with van der Waals surface area (Å²) in [7, 11) is 0. The third-order valence-corrected chi connectivity index (χ3v) is 5.25. The fourth-order valence-electron chi connectivity index (χ4n) is 3.06. The average Bonchev–Trinajstić information content (AvgIpc) is 2.61. The number of likely N-dealkylation sites (tertiary alicyclic amines) is 1.